The zero-order valence-corrected chi connectivity index (χ0v) is 12.7. The Labute approximate surface area is 118 Å². The van der Waals surface area contributed by atoms with E-state index in [1.54, 1.807) is 20.8 Å². The van der Waals surface area contributed by atoms with Gasteiger partial charge >= 0.3 is 5.97 Å². The molecular formula is C13H19NO5S. The molecule has 0 saturated carbocycles. The highest BCUT2D eigenvalue weighted by molar-refractivity contribution is 7.89. The van der Waals surface area contributed by atoms with Crippen LogP contribution in [0.2, 0.25) is 0 Å². The normalized spacial score (nSPS) is 12.7. The highest BCUT2D eigenvalue weighted by Crippen LogP contribution is 2.25. The van der Waals surface area contributed by atoms with Gasteiger partial charge in [-0.15, -0.1) is 0 Å². The third kappa shape index (κ3) is 3.00. The molecule has 0 saturated heterocycles. The Bertz CT molecular complexity index is 622. The Hall–Kier alpha value is -1.44. The van der Waals surface area contributed by atoms with Crippen molar-refractivity contribution in [3.05, 3.63) is 29.3 Å². The maximum absolute atomic E-state index is 12.6. The van der Waals surface area contributed by atoms with Crippen molar-refractivity contribution in [3.63, 3.8) is 0 Å². The van der Waals surface area contributed by atoms with Crippen LogP contribution in [0.5, 0.6) is 0 Å². The second-order valence-corrected chi connectivity index (χ2v) is 7.17. The first-order chi connectivity index (χ1) is 9.04. The number of aliphatic hydroxyl groups is 1. The van der Waals surface area contributed by atoms with Crippen LogP contribution in [-0.2, 0) is 10.0 Å². The number of aryl methyl sites for hydroxylation is 1. The van der Waals surface area contributed by atoms with Crippen molar-refractivity contribution >= 4 is 16.0 Å². The fourth-order valence-corrected chi connectivity index (χ4v) is 3.34. The molecule has 0 unspecified atom stereocenters. The number of aliphatic hydroxyl groups excluding tert-OH is 1. The minimum absolute atomic E-state index is 0.0681. The molecule has 1 aromatic rings. The van der Waals surface area contributed by atoms with Crippen LogP contribution in [0.25, 0.3) is 0 Å². The van der Waals surface area contributed by atoms with Crippen LogP contribution in [0.4, 0.5) is 0 Å². The van der Waals surface area contributed by atoms with E-state index in [4.69, 9.17) is 5.11 Å². The molecule has 20 heavy (non-hydrogen) atoms. The Morgan fingerprint density at radius 3 is 2.35 bits per heavy atom. The Balaban J connectivity index is 3.43. The molecule has 0 radical (unpaired) electrons. The molecule has 1 rings (SSSR count). The zero-order chi connectivity index (χ0) is 15.7. The highest BCUT2D eigenvalue weighted by atomic mass is 32.2. The monoisotopic (exact) mass is 301 g/mol. The molecule has 0 heterocycles. The van der Waals surface area contributed by atoms with Crippen LogP contribution in [0.1, 0.15) is 29.8 Å². The first kappa shape index (κ1) is 16.6. The van der Waals surface area contributed by atoms with E-state index in [0.29, 0.717) is 5.56 Å². The molecule has 0 aromatic heterocycles. The molecule has 7 heteroatoms. The van der Waals surface area contributed by atoms with Gasteiger partial charge in [-0.3, -0.25) is 0 Å². The number of benzene rings is 1. The molecule has 6 nitrogen and oxygen atoms in total. The number of likely N-dealkylation sites (N-methyl/N-ethyl adjacent to an activating group) is 1. The van der Waals surface area contributed by atoms with Gasteiger partial charge in [0.1, 0.15) is 0 Å². The Morgan fingerprint density at radius 2 is 1.90 bits per heavy atom. The molecule has 0 aliphatic heterocycles. The highest BCUT2D eigenvalue weighted by Gasteiger charge is 2.34. The van der Waals surface area contributed by atoms with Crippen molar-refractivity contribution in [1.29, 1.82) is 0 Å². The summed E-state index contributed by atoms with van der Waals surface area (Å²) in [4.78, 5) is 10.9. The summed E-state index contributed by atoms with van der Waals surface area (Å²) in [5.74, 6) is -1.19. The number of carbonyl (C=O) groups is 1. The lowest BCUT2D eigenvalue weighted by molar-refractivity contribution is 0.0696. The molecule has 2 N–H and O–H groups in total. The largest absolute Gasteiger partial charge is 0.478 e. The maximum Gasteiger partial charge on any atom is 0.335 e. The molecule has 1 aromatic carbocycles. The lowest BCUT2D eigenvalue weighted by Gasteiger charge is -2.33. The van der Waals surface area contributed by atoms with E-state index in [-0.39, 0.29) is 17.1 Å². The van der Waals surface area contributed by atoms with Crippen LogP contribution < -0.4 is 0 Å². The Morgan fingerprint density at radius 1 is 1.35 bits per heavy atom. The van der Waals surface area contributed by atoms with E-state index < -0.39 is 21.5 Å². The number of sulfonamides is 1. The van der Waals surface area contributed by atoms with Gasteiger partial charge in [0.05, 0.1) is 22.6 Å². The van der Waals surface area contributed by atoms with Crippen molar-refractivity contribution < 1.29 is 23.4 Å². The third-order valence-corrected chi connectivity index (χ3v) is 5.52. The van der Waals surface area contributed by atoms with Gasteiger partial charge in [0.25, 0.3) is 0 Å². The van der Waals surface area contributed by atoms with Gasteiger partial charge < -0.3 is 10.2 Å². The van der Waals surface area contributed by atoms with Gasteiger partial charge in [0.2, 0.25) is 10.0 Å². The summed E-state index contributed by atoms with van der Waals surface area (Å²) in [5, 5.41) is 18.2. The van der Waals surface area contributed by atoms with Crippen LogP contribution >= 0.6 is 0 Å². The van der Waals surface area contributed by atoms with Gasteiger partial charge in [-0.05, 0) is 38.5 Å². The molecule has 0 amide bonds. The predicted molar refractivity (Wildman–Crippen MR) is 74.3 cm³/mol. The van der Waals surface area contributed by atoms with E-state index in [9.17, 15) is 18.3 Å². The maximum atomic E-state index is 12.6. The average Bonchev–Trinajstić information content (AvgIpc) is 2.37. The molecule has 112 valence electrons. The topological polar surface area (TPSA) is 94.9 Å². The van der Waals surface area contributed by atoms with E-state index >= 15 is 0 Å². The fraction of sp³-hybridized carbons (Fsp3) is 0.462. The molecule has 0 spiro atoms. The van der Waals surface area contributed by atoms with E-state index in [0.717, 1.165) is 10.4 Å². The zero-order valence-electron chi connectivity index (χ0n) is 11.9. The second kappa shape index (κ2) is 5.51. The van der Waals surface area contributed by atoms with Gasteiger partial charge in [0.15, 0.2) is 0 Å². The second-order valence-electron chi connectivity index (χ2n) is 5.23. The molecule has 0 bridgehead atoms. The Kier molecular flexibility index (Phi) is 4.58. The molecule has 0 aliphatic rings. The van der Waals surface area contributed by atoms with Crippen molar-refractivity contribution in [3.8, 4) is 0 Å². The van der Waals surface area contributed by atoms with Crippen LogP contribution in [0.15, 0.2) is 23.1 Å². The number of hydrogen-bond donors (Lipinski definition) is 2. The lowest BCUT2D eigenvalue weighted by atomic mass is 10.1. The summed E-state index contributed by atoms with van der Waals surface area (Å²) in [5.41, 5.74) is -0.621. The summed E-state index contributed by atoms with van der Waals surface area (Å²) >= 11 is 0. The van der Waals surface area contributed by atoms with Gasteiger partial charge in [-0.25, -0.2) is 13.2 Å². The number of carboxylic acids is 1. The van der Waals surface area contributed by atoms with Gasteiger partial charge in [-0.2, -0.15) is 4.31 Å². The third-order valence-electron chi connectivity index (χ3n) is 3.31. The minimum atomic E-state index is -3.89. The quantitative estimate of drug-likeness (QED) is 0.848. The molecular weight excluding hydrogens is 282 g/mol. The fourth-order valence-electron chi connectivity index (χ4n) is 1.58. The van der Waals surface area contributed by atoms with Crippen molar-refractivity contribution in [2.75, 3.05) is 13.7 Å². The summed E-state index contributed by atoms with van der Waals surface area (Å²) in [6.45, 7) is 4.42. The summed E-state index contributed by atoms with van der Waals surface area (Å²) in [6, 6.07) is 3.95. The molecule has 0 aliphatic carbocycles. The van der Waals surface area contributed by atoms with Crippen LogP contribution in [0, 0.1) is 6.92 Å². The predicted octanol–water partition coefficient (Wildman–Crippen LogP) is 1.08. The molecule has 0 fully saturated rings. The smallest absolute Gasteiger partial charge is 0.335 e. The van der Waals surface area contributed by atoms with Crippen molar-refractivity contribution in [2.45, 2.75) is 31.2 Å². The lowest BCUT2D eigenvalue weighted by Crippen LogP contribution is -2.47. The first-order valence-electron chi connectivity index (χ1n) is 5.98. The summed E-state index contributed by atoms with van der Waals surface area (Å²) < 4.78 is 26.2. The van der Waals surface area contributed by atoms with E-state index in [1.165, 1.54) is 19.2 Å². The number of nitrogens with zero attached hydrogens (tertiary/aromatic N) is 1. The number of aromatic carboxylic acids is 1. The average molecular weight is 301 g/mol. The number of rotatable bonds is 5. The number of hydrogen-bond acceptors (Lipinski definition) is 4. The van der Waals surface area contributed by atoms with Crippen molar-refractivity contribution in [2.24, 2.45) is 0 Å². The van der Waals surface area contributed by atoms with Crippen LogP contribution in [-0.4, -0.2) is 48.1 Å². The molecule has 0 atom stereocenters. The van der Waals surface area contributed by atoms with E-state index in [2.05, 4.69) is 0 Å². The summed E-state index contributed by atoms with van der Waals surface area (Å²) in [7, 11) is -2.53. The van der Waals surface area contributed by atoms with Crippen molar-refractivity contribution in [1.82, 2.24) is 4.31 Å². The van der Waals surface area contributed by atoms with Crippen LogP contribution in [0.3, 0.4) is 0 Å². The standard InChI is InChI=1S/C13H19NO5S/c1-9-5-6-10(12(16)17)7-11(9)20(18,19)14(4)13(2,3)8-15/h5-7,15H,8H2,1-4H3,(H,16,17). The number of carboxylic acid groups (broad SMARTS) is 1. The summed E-state index contributed by atoms with van der Waals surface area (Å²) in [6.07, 6.45) is 0. The van der Waals surface area contributed by atoms with E-state index in [1.807, 2.05) is 0 Å². The SMILES string of the molecule is Cc1ccc(C(=O)O)cc1S(=O)(=O)N(C)C(C)(C)CO. The van der Waals surface area contributed by atoms with Gasteiger partial charge in [0, 0.05) is 7.05 Å². The minimum Gasteiger partial charge on any atom is -0.478 e. The van der Waals surface area contributed by atoms with Gasteiger partial charge in [-0.1, -0.05) is 6.07 Å². The first-order valence-corrected chi connectivity index (χ1v) is 7.42.